The molecule has 347 valence electrons. The second kappa shape index (κ2) is 19.9. The summed E-state index contributed by atoms with van der Waals surface area (Å²) in [6.07, 6.45) is -3.15. The number of furan rings is 1. The van der Waals surface area contributed by atoms with Gasteiger partial charge in [0.15, 0.2) is 0 Å². The van der Waals surface area contributed by atoms with Crippen molar-refractivity contribution in [3.05, 3.63) is 197 Å². The predicted octanol–water partition coefficient (Wildman–Crippen LogP) is 16.8. The minimum absolute atomic E-state index is 0. The number of rotatable bonds is 8. The number of aromatic nitrogens is 3. The number of nitriles is 1. The van der Waals surface area contributed by atoms with Crippen LogP contribution >= 0.6 is 0 Å². The number of nitrogens with zero attached hydrogens (tertiary/aromatic N) is 4. The van der Waals surface area contributed by atoms with Crippen LogP contribution in [0.25, 0.3) is 83.6 Å². The monoisotopic (exact) mass is 1090 g/mol. The normalized spacial score (nSPS) is 12.4. The molecule has 7 aromatic carbocycles. The van der Waals surface area contributed by atoms with Crippen molar-refractivity contribution in [1.82, 2.24) is 14.5 Å². The number of halogens is 3. The number of benzene rings is 7. The Hall–Kier alpha value is -7.11. The molecule has 0 aliphatic rings. The summed E-state index contributed by atoms with van der Waals surface area (Å²) in [4.78, 5) is 9.33. The number of para-hydroxylation sites is 3. The van der Waals surface area contributed by atoms with Gasteiger partial charge in [-0.3, -0.25) is 4.98 Å². The van der Waals surface area contributed by atoms with Crippen molar-refractivity contribution in [3.63, 3.8) is 0 Å². The van der Waals surface area contributed by atoms with Gasteiger partial charge in [-0.15, -0.1) is 48.0 Å². The number of fused-ring (bicyclic) bond motifs is 4. The fourth-order valence-electron chi connectivity index (χ4n) is 8.76. The van der Waals surface area contributed by atoms with Crippen molar-refractivity contribution < 1.29 is 41.8 Å². The molecule has 9 heteroatoms. The van der Waals surface area contributed by atoms with E-state index in [2.05, 4.69) is 140 Å². The molecule has 0 fully saturated rings. The van der Waals surface area contributed by atoms with Crippen molar-refractivity contribution in [2.45, 2.75) is 72.3 Å². The zero-order chi connectivity index (χ0) is 50.4. The van der Waals surface area contributed by atoms with E-state index in [1.165, 1.54) is 45.6 Å². The maximum atomic E-state index is 12.6. The average Bonchev–Trinajstić information content (AvgIpc) is 3.95. The Balaban J connectivity index is 0.000000244. The van der Waals surface area contributed by atoms with Gasteiger partial charge >= 0.3 is 6.18 Å². The number of aryl methyl sites for hydroxylation is 1. The molecule has 1 radical (unpaired) electrons. The van der Waals surface area contributed by atoms with Gasteiger partial charge in [-0.1, -0.05) is 137 Å². The summed E-state index contributed by atoms with van der Waals surface area (Å²) in [5.41, 5.74) is 13.7. The van der Waals surface area contributed by atoms with E-state index in [-0.39, 0.29) is 43.4 Å². The third-order valence-corrected chi connectivity index (χ3v) is 12.3. The molecule has 0 aliphatic heterocycles. The van der Waals surface area contributed by atoms with Gasteiger partial charge in [-0.05, 0) is 111 Å². The van der Waals surface area contributed by atoms with Crippen LogP contribution in [0.1, 0.15) is 96.8 Å². The Labute approximate surface area is 418 Å². The standard InChI is InChI=1S/C44H34N3O.C16H15F3N.Ir/c1-27(2)37-24-33(31-22-20-30(21-23-31)29-12-6-5-7-13-29)25-38(28(3)4)41(37)47-40-19-9-8-18-39(40)46-44(47)36-17-11-16-35-34-15-10-14-32(26-45)42(34)48-43(35)36;1-10(2)14-8-15(20-9-11(14)3)12-4-6-13(7-5-12)16(17,18)19;/h5-16,18-25,27-28H,1-4H3;4,6-10H,1-3H3;/q2*-1;/i;3D3;. The van der Waals surface area contributed by atoms with E-state index in [0.29, 0.717) is 33.6 Å². The van der Waals surface area contributed by atoms with Crippen molar-refractivity contribution in [2.75, 3.05) is 0 Å². The number of alkyl halides is 3. The summed E-state index contributed by atoms with van der Waals surface area (Å²) in [6, 6.07) is 55.1. The number of imidazole rings is 1. The van der Waals surface area contributed by atoms with Gasteiger partial charge in [-0.2, -0.15) is 18.4 Å². The van der Waals surface area contributed by atoms with E-state index in [0.717, 1.165) is 51.0 Å². The number of hydrogen-bond acceptors (Lipinski definition) is 4. The molecule has 69 heavy (non-hydrogen) atoms. The van der Waals surface area contributed by atoms with Gasteiger partial charge in [0, 0.05) is 41.5 Å². The van der Waals surface area contributed by atoms with Crippen LogP contribution in [0.2, 0.25) is 0 Å². The van der Waals surface area contributed by atoms with Crippen LogP contribution < -0.4 is 0 Å². The van der Waals surface area contributed by atoms with Crippen molar-refractivity contribution in [3.8, 4) is 56.7 Å². The first-order valence-corrected chi connectivity index (χ1v) is 22.6. The van der Waals surface area contributed by atoms with E-state index < -0.39 is 18.6 Å². The molecule has 0 bridgehead atoms. The molecule has 5 nitrogen and oxygen atoms in total. The SMILES string of the molecule is CC(C)c1cc(-c2ccc(-c3ccccc3)cc2)cc(C(C)C)c1-n1c(-c2[c-]ccc3c2oc2c(C#N)cccc23)nc2ccccc21.[2H]C([2H])([2H])c1cnc(-c2[c-]cc(C(F)(F)F)cc2)cc1C(C)C.[Ir]. The van der Waals surface area contributed by atoms with E-state index in [9.17, 15) is 18.4 Å². The fourth-order valence-corrected chi connectivity index (χ4v) is 8.76. The Bertz CT molecular complexity index is 3580. The third-order valence-electron chi connectivity index (χ3n) is 12.3. The first-order valence-electron chi connectivity index (χ1n) is 24.1. The van der Waals surface area contributed by atoms with E-state index in [4.69, 9.17) is 13.5 Å². The van der Waals surface area contributed by atoms with Crippen molar-refractivity contribution in [2.24, 2.45) is 0 Å². The van der Waals surface area contributed by atoms with Crippen LogP contribution in [0.15, 0.2) is 156 Å². The summed E-state index contributed by atoms with van der Waals surface area (Å²) < 4.78 is 69.2. The topological polar surface area (TPSA) is 67.6 Å². The van der Waals surface area contributed by atoms with Crippen LogP contribution in [0, 0.1) is 30.3 Å². The molecule has 3 aromatic heterocycles. The maximum Gasteiger partial charge on any atom is 0.381 e. The fraction of sp³-hybridized carbons (Fsp3) is 0.183. The van der Waals surface area contributed by atoms with Crippen molar-refractivity contribution in [1.29, 1.82) is 5.26 Å². The molecule has 0 saturated heterocycles. The van der Waals surface area contributed by atoms with Crippen molar-refractivity contribution >= 4 is 33.0 Å². The van der Waals surface area contributed by atoms with E-state index >= 15 is 0 Å². The van der Waals surface area contributed by atoms with E-state index in [1.807, 2.05) is 44.2 Å². The molecule has 0 saturated carbocycles. The Morgan fingerprint density at radius 2 is 1.32 bits per heavy atom. The molecule has 0 spiro atoms. The first-order chi connectivity index (χ1) is 33.9. The predicted molar refractivity (Wildman–Crippen MR) is 269 cm³/mol. The van der Waals surface area contributed by atoms with E-state index in [1.54, 1.807) is 12.1 Å². The molecular formula is C60H49F3IrN4O-2. The van der Waals surface area contributed by atoms with Gasteiger partial charge in [0.05, 0.1) is 28.0 Å². The summed E-state index contributed by atoms with van der Waals surface area (Å²) in [5.74, 6) is 1.18. The molecule has 0 unspecified atom stereocenters. The molecule has 3 heterocycles. The summed E-state index contributed by atoms with van der Waals surface area (Å²) in [6.45, 7) is 10.5. The average molecular weight is 1090 g/mol. The van der Waals surface area contributed by atoms with Crippen LogP contribution in [0.3, 0.4) is 0 Å². The number of hydrogen-bond donors (Lipinski definition) is 0. The van der Waals surface area contributed by atoms with Crippen LogP contribution in [-0.4, -0.2) is 14.5 Å². The van der Waals surface area contributed by atoms with Crippen LogP contribution in [0.4, 0.5) is 13.2 Å². The summed E-state index contributed by atoms with van der Waals surface area (Å²) in [5, 5.41) is 11.7. The molecule has 10 aromatic rings. The zero-order valence-electron chi connectivity index (χ0n) is 41.8. The van der Waals surface area contributed by atoms with Crippen LogP contribution in [0.5, 0.6) is 0 Å². The minimum atomic E-state index is -4.42. The van der Waals surface area contributed by atoms with Gasteiger partial charge in [-0.25, -0.2) is 0 Å². The first kappa shape index (κ1) is 44.4. The Morgan fingerprint density at radius 3 is 1.94 bits per heavy atom. The largest absolute Gasteiger partial charge is 0.499 e. The van der Waals surface area contributed by atoms with Gasteiger partial charge in [0.1, 0.15) is 11.7 Å². The summed E-state index contributed by atoms with van der Waals surface area (Å²) in [7, 11) is 0. The molecule has 0 N–H and O–H groups in total. The number of pyridine rings is 1. The molecule has 0 atom stereocenters. The molecule has 0 amide bonds. The van der Waals surface area contributed by atoms with Crippen LogP contribution in [-0.2, 0) is 26.3 Å². The molecule has 0 aliphatic carbocycles. The van der Waals surface area contributed by atoms with Gasteiger partial charge < -0.3 is 14.0 Å². The maximum absolute atomic E-state index is 12.6. The second-order valence-electron chi connectivity index (χ2n) is 17.8. The minimum Gasteiger partial charge on any atom is -0.499 e. The Morgan fingerprint density at radius 1 is 0.681 bits per heavy atom. The summed E-state index contributed by atoms with van der Waals surface area (Å²) >= 11 is 0. The van der Waals surface area contributed by atoms with Gasteiger partial charge in [0.2, 0.25) is 0 Å². The second-order valence-corrected chi connectivity index (χ2v) is 17.8. The molecule has 10 rings (SSSR count). The third kappa shape index (κ3) is 9.53. The quantitative estimate of drug-likeness (QED) is 0.142. The smallest absolute Gasteiger partial charge is 0.381 e. The zero-order valence-corrected chi connectivity index (χ0v) is 41.2. The molecular weight excluding hydrogens is 1040 g/mol. The Kier molecular flexibility index (Phi) is 12.8. The van der Waals surface area contributed by atoms with Gasteiger partial charge in [0.25, 0.3) is 0 Å².